The van der Waals surface area contributed by atoms with E-state index in [9.17, 15) is 9.59 Å². The lowest BCUT2D eigenvalue weighted by Crippen LogP contribution is -2.37. The second-order valence-corrected chi connectivity index (χ2v) is 8.23. The highest BCUT2D eigenvalue weighted by Gasteiger charge is 2.30. The Labute approximate surface area is 195 Å². The van der Waals surface area contributed by atoms with Gasteiger partial charge in [-0.3, -0.25) is 14.5 Å². The Bertz CT molecular complexity index is 958. The largest absolute Gasteiger partial charge is 0.493 e. The number of para-hydroxylation sites is 1. The molecule has 1 aliphatic rings. The summed E-state index contributed by atoms with van der Waals surface area (Å²) in [7, 11) is 4.58. The van der Waals surface area contributed by atoms with Crippen molar-refractivity contribution in [2.75, 3.05) is 45.1 Å². The van der Waals surface area contributed by atoms with Gasteiger partial charge >= 0.3 is 0 Å². The van der Waals surface area contributed by atoms with E-state index >= 15 is 0 Å². The van der Waals surface area contributed by atoms with E-state index < -0.39 is 0 Å². The molecule has 0 aromatic heterocycles. The van der Waals surface area contributed by atoms with Gasteiger partial charge in [0, 0.05) is 42.5 Å². The summed E-state index contributed by atoms with van der Waals surface area (Å²) in [6, 6.07) is 9.67. The van der Waals surface area contributed by atoms with Gasteiger partial charge in [0.1, 0.15) is 0 Å². The van der Waals surface area contributed by atoms with E-state index in [1.54, 1.807) is 12.1 Å². The standard InChI is InChI=1S/C25H33N3O5/c1-16-7-6-8-17(2)24(16)27-23(30)15-28(19-9-10-19)12-11-22(29)26-18-13-20(31-3)25(33-5)21(14-18)32-4/h6-8,13-14,19H,9-12,15H2,1-5H3,(H,26,29)(H,27,30). The first-order valence-electron chi connectivity index (χ1n) is 11.1. The number of hydrogen-bond acceptors (Lipinski definition) is 6. The smallest absolute Gasteiger partial charge is 0.238 e. The molecule has 1 fully saturated rings. The predicted molar refractivity (Wildman–Crippen MR) is 128 cm³/mol. The van der Waals surface area contributed by atoms with Crippen LogP contribution >= 0.6 is 0 Å². The van der Waals surface area contributed by atoms with Crippen molar-refractivity contribution in [3.63, 3.8) is 0 Å². The van der Waals surface area contributed by atoms with Gasteiger partial charge in [0.05, 0.1) is 27.9 Å². The molecule has 0 aliphatic heterocycles. The van der Waals surface area contributed by atoms with Crippen molar-refractivity contribution in [3.05, 3.63) is 41.5 Å². The van der Waals surface area contributed by atoms with Gasteiger partial charge in [0.2, 0.25) is 17.6 Å². The summed E-state index contributed by atoms with van der Waals surface area (Å²) in [5, 5.41) is 5.92. The van der Waals surface area contributed by atoms with Crippen LogP contribution in [0.2, 0.25) is 0 Å². The molecule has 8 nitrogen and oxygen atoms in total. The molecule has 0 heterocycles. The maximum Gasteiger partial charge on any atom is 0.238 e. The molecule has 2 aromatic rings. The minimum absolute atomic E-state index is 0.0654. The van der Waals surface area contributed by atoms with Crippen LogP contribution in [-0.4, -0.2) is 57.2 Å². The van der Waals surface area contributed by atoms with Crippen molar-refractivity contribution in [2.45, 2.75) is 39.2 Å². The lowest BCUT2D eigenvalue weighted by atomic mass is 10.1. The van der Waals surface area contributed by atoms with E-state index in [0.717, 1.165) is 29.7 Å². The highest BCUT2D eigenvalue weighted by Crippen LogP contribution is 2.40. The fraction of sp³-hybridized carbons (Fsp3) is 0.440. The van der Waals surface area contributed by atoms with E-state index in [0.29, 0.717) is 35.5 Å². The van der Waals surface area contributed by atoms with Gasteiger partial charge < -0.3 is 24.8 Å². The van der Waals surface area contributed by atoms with Crippen LogP contribution in [0.5, 0.6) is 17.2 Å². The number of ether oxygens (including phenoxy) is 3. The summed E-state index contributed by atoms with van der Waals surface area (Å²) in [5.74, 6) is 1.19. The third-order valence-corrected chi connectivity index (χ3v) is 5.73. The lowest BCUT2D eigenvalue weighted by molar-refractivity contribution is -0.119. The zero-order chi connectivity index (χ0) is 24.0. The number of aryl methyl sites for hydroxylation is 2. The molecule has 1 saturated carbocycles. The molecule has 0 spiro atoms. The Balaban J connectivity index is 1.58. The van der Waals surface area contributed by atoms with Crippen molar-refractivity contribution in [1.82, 2.24) is 4.90 Å². The van der Waals surface area contributed by atoms with Crippen molar-refractivity contribution in [1.29, 1.82) is 0 Å². The van der Waals surface area contributed by atoms with E-state index in [4.69, 9.17) is 14.2 Å². The lowest BCUT2D eigenvalue weighted by Gasteiger charge is -2.22. The first-order valence-corrected chi connectivity index (χ1v) is 11.1. The Morgan fingerprint density at radius 3 is 2.06 bits per heavy atom. The zero-order valence-electron chi connectivity index (χ0n) is 20.0. The minimum Gasteiger partial charge on any atom is -0.493 e. The van der Waals surface area contributed by atoms with Crippen LogP contribution in [0.3, 0.4) is 0 Å². The number of anilines is 2. The summed E-state index contributed by atoms with van der Waals surface area (Å²) in [4.78, 5) is 27.4. The average molecular weight is 456 g/mol. The molecule has 0 bridgehead atoms. The van der Waals surface area contributed by atoms with Gasteiger partial charge in [0.15, 0.2) is 11.5 Å². The molecule has 3 rings (SSSR count). The van der Waals surface area contributed by atoms with Gasteiger partial charge in [-0.2, -0.15) is 0 Å². The van der Waals surface area contributed by atoms with Crippen LogP contribution in [0, 0.1) is 13.8 Å². The topological polar surface area (TPSA) is 89.1 Å². The summed E-state index contributed by atoms with van der Waals surface area (Å²) >= 11 is 0. The number of hydrogen-bond donors (Lipinski definition) is 2. The fourth-order valence-electron chi connectivity index (χ4n) is 3.83. The monoisotopic (exact) mass is 455 g/mol. The molecule has 2 N–H and O–H groups in total. The van der Waals surface area contributed by atoms with Gasteiger partial charge in [-0.15, -0.1) is 0 Å². The van der Waals surface area contributed by atoms with Gasteiger partial charge in [-0.25, -0.2) is 0 Å². The molecule has 33 heavy (non-hydrogen) atoms. The summed E-state index contributed by atoms with van der Waals surface area (Å²) < 4.78 is 16.0. The molecule has 2 aromatic carbocycles. The number of carbonyl (C=O) groups is 2. The predicted octanol–water partition coefficient (Wildman–Crippen LogP) is 3.76. The van der Waals surface area contributed by atoms with Crippen molar-refractivity contribution in [3.8, 4) is 17.2 Å². The maximum atomic E-state index is 12.7. The highest BCUT2D eigenvalue weighted by atomic mass is 16.5. The number of amides is 2. The molecule has 8 heteroatoms. The molecule has 2 amide bonds. The van der Waals surface area contributed by atoms with Crippen LogP contribution < -0.4 is 24.8 Å². The minimum atomic E-state index is -0.148. The molecule has 0 unspecified atom stereocenters. The third kappa shape index (κ3) is 6.38. The first kappa shape index (κ1) is 24.4. The Morgan fingerprint density at radius 1 is 0.939 bits per heavy atom. The Kier molecular flexibility index (Phi) is 8.16. The molecule has 178 valence electrons. The Hall–Kier alpha value is -3.26. The van der Waals surface area contributed by atoms with Crippen molar-refractivity contribution < 1.29 is 23.8 Å². The van der Waals surface area contributed by atoms with Crippen LogP contribution in [0.4, 0.5) is 11.4 Å². The number of rotatable bonds is 11. The van der Waals surface area contributed by atoms with Crippen LogP contribution in [0.1, 0.15) is 30.4 Å². The zero-order valence-corrected chi connectivity index (χ0v) is 20.0. The van der Waals surface area contributed by atoms with E-state index in [1.165, 1.54) is 21.3 Å². The normalized spacial score (nSPS) is 12.9. The summed E-state index contributed by atoms with van der Waals surface area (Å²) in [6.07, 6.45) is 2.36. The number of carbonyl (C=O) groups excluding carboxylic acids is 2. The second-order valence-electron chi connectivity index (χ2n) is 8.23. The second kappa shape index (κ2) is 11.0. The highest BCUT2D eigenvalue weighted by molar-refractivity contribution is 5.94. The first-order chi connectivity index (χ1) is 15.9. The van der Waals surface area contributed by atoms with Gasteiger partial charge in [-0.05, 0) is 37.8 Å². The SMILES string of the molecule is COc1cc(NC(=O)CCN(CC(=O)Nc2c(C)cccc2C)C2CC2)cc(OC)c1OC. The summed E-state index contributed by atoms with van der Waals surface area (Å²) in [6.45, 7) is 4.72. The average Bonchev–Trinajstić information content (AvgIpc) is 3.63. The molecular formula is C25H33N3O5. The summed E-state index contributed by atoms with van der Waals surface area (Å²) in [5.41, 5.74) is 3.48. The number of nitrogens with zero attached hydrogens (tertiary/aromatic N) is 1. The van der Waals surface area contributed by atoms with E-state index in [-0.39, 0.29) is 24.8 Å². The number of benzene rings is 2. The number of nitrogens with one attached hydrogen (secondary N) is 2. The molecule has 1 aliphatic carbocycles. The van der Waals surface area contributed by atoms with Gasteiger partial charge in [-0.1, -0.05) is 18.2 Å². The van der Waals surface area contributed by atoms with Crippen LogP contribution in [0.15, 0.2) is 30.3 Å². The maximum absolute atomic E-state index is 12.7. The van der Waals surface area contributed by atoms with Crippen LogP contribution in [-0.2, 0) is 9.59 Å². The molecule has 0 radical (unpaired) electrons. The molecule has 0 atom stereocenters. The third-order valence-electron chi connectivity index (χ3n) is 5.73. The number of methoxy groups -OCH3 is 3. The Morgan fingerprint density at radius 2 is 1.55 bits per heavy atom. The van der Waals surface area contributed by atoms with E-state index in [1.807, 2.05) is 32.0 Å². The van der Waals surface area contributed by atoms with Crippen molar-refractivity contribution in [2.24, 2.45) is 0 Å². The van der Waals surface area contributed by atoms with Crippen molar-refractivity contribution >= 4 is 23.2 Å². The molecular weight excluding hydrogens is 422 g/mol. The quantitative estimate of drug-likeness (QED) is 0.536. The fourth-order valence-corrected chi connectivity index (χ4v) is 3.83. The molecule has 0 saturated heterocycles. The van der Waals surface area contributed by atoms with Crippen LogP contribution in [0.25, 0.3) is 0 Å². The van der Waals surface area contributed by atoms with Gasteiger partial charge in [0.25, 0.3) is 0 Å². The van der Waals surface area contributed by atoms with E-state index in [2.05, 4.69) is 15.5 Å².